The molecule has 4 heteroatoms. The van der Waals surface area contributed by atoms with Crippen molar-refractivity contribution >= 4 is 0 Å². The van der Waals surface area contributed by atoms with E-state index < -0.39 is 11.6 Å². The highest BCUT2D eigenvalue weighted by Gasteiger charge is 2.26. The molecule has 2 unspecified atom stereocenters. The van der Waals surface area contributed by atoms with E-state index in [1.165, 1.54) is 0 Å². The molecule has 1 rings (SSSR count). The SMILES string of the molecule is CCCNC(c1ccc(C)c(F)c1F)C(CC)OCC. The lowest BCUT2D eigenvalue weighted by molar-refractivity contribution is 0.0303. The molecular weight excluding hydrogens is 260 g/mol. The lowest BCUT2D eigenvalue weighted by Crippen LogP contribution is -2.35. The van der Waals surface area contributed by atoms with Crippen LogP contribution in [0.4, 0.5) is 8.78 Å². The van der Waals surface area contributed by atoms with Crippen LogP contribution in [0.3, 0.4) is 0 Å². The summed E-state index contributed by atoms with van der Waals surface area (Å²) in [5, 5.41) is 3.28. The lowest BCUT2D eigenvalue weighted by Gasteiger charge is -2.28. The molecule has 0 heterocycles. The van der Waals surface area contributed by atoms with Crippen LogP contribution >= 0.6 is 0 Å². The molecule has 0 fully saturated rings. The summed E-state index contributed by atoms with van der Waals surface area (Å²) >= 11 is 0. The third-order valence-corrected chi connectivity index (χ3v) is 3.41. The number of halogens is 2. The number of nitrogens with one attached hydrogen (secondary N) is 1. The van der Waals surface area contributed by atoms with Crippen LogP contribution < -0.4 is 5.32 Å². The second-order valence-corrected chi connectivity index (χ2v) is 4.93. The van der Waals surface area contributed by atoms with Crippen molar-refractivity contribution in [3.63, 3.8) is 0 Å². The maximum Gasteiger partial charge on any atom is 0.163 e. The third-order valence-electron chi connectivity index (χ3n) is 3.41. The van der Waals surface area contributed by atoms with Gasteiger partial charge in [-0.1, -0.05) is 26.0 Å². The molecule has 2 nitrogen and oxygen atoms in total. The monoisotopic (exact) mass is 285 g/mol. The Balaban J connectivity index is 3.12. The molecule has 0 aromatic heterocycles. The molecule has 0 bridgehead atoms. The largest absolute Gasteiger partial charge is 0.377 e. The molecule has 20 heavy (non-hydrogen) atoms. The number of aryl methyl sites for hydroxylation is 1. The molecule has 1 N–H and O–H groups in total. The van der Waals surface area contributed by atoms with E-state index >= 15 is 0 Å². The Morgan fingerprint density at radius 1 is 1.15 bits per heavy atom. The van der Waals surface area contributed by atoms with Crippen LogP contribution in [0.15, 0.2) is 12.1 Å². The average Bonchev–Trinajstić information content (AvgIpc) is 2.45. The summed E-state index contributed by atoms with van der Waals surface area (Å²) in [6.07, 6.45) is 1.50. The van der Waals surface area contributed by atoms with Gasteiger partial charge in [0.25, 0.3) is 0 Å². The zero-order valence-electron chi connectivity index (χ0n) is 12.8. The summed E-state index contributed by atoms with van der Waals surface area (Å²) < 4.78 is 33.7. The number of rotatable bonds is 8. The van der Waals surface area contributed by atoms with Gasteiger partial charge in [-0.2, -0.15) is 0 Å². The first-order valence-electron chi connectivity index (χ1n) is 7.36. The smallest absolute Gasteiger partial charge is 0.163 e. The fraction of sp³-hybridized carbons (Fsp3) is 0.625. The molecule has 0 saturated carbocycles. The van der Waals surface area contributed by atoms with Crippen molar-refractivity contribution in [3.8, 4) is 0 Å². The summed E-state index contributed by atoms with van der Waals surface area (Å²) in [4.78, 5) is 0. The van der Waals surface area contributed by atoms with Crippen LogP contribution in [0.2, 0.25) is 0 Å². The second-order valence-electron chi connectivity index (χ2n) is 4.93. The molecular formula is C16H25F2NO. The molecule has 0 aliphatic heterocycles. The van der Waals surface area contributed by atoms with Gasteiger partial charge in [-0.25, -0.2) is 8.78 Å². The second kappa shape index (κ2) is 8.32. The van der Waals surface area contributed by atoms with Crippen molar-refractivity contribution in [1.82, 2.24) is 5.32 Å². The first kappa shape index (κ1) is 17.1. The van der Waals surface area contributed by atoms with Crippen molar-refractivity contribution in [2.75, 3.05) is 13.2 Å². The van der Waals surface area contributed by atoms with Gasteiger partial charge < -0.3 is 10.1 Å². The van der Waals surface area contributed by atoms with Gasteiger partial charge in [-0.15, -0.1) is 0 Å². The fourth-order valence-corrected chi connectivity index (χ4v) is 2.31. The van der Waals surface area contributed by atoms with Gasteiger partial charge in [0, 0.05) is 12.2 Å². The highest BCUT2D eigenvalue weighted by Crippen LogP contribution is 2.27. The molecule has 0 aliphatic carbocycles. The minimum Gasteiger partial charge on any atom is -0.377 e. The van der Waals surface area contributed by atoms with E-state index in [-0.39, 0.29) is 12.1 Å². The average molecular weight is 285 g/mol. The van der Waals surface area contributed by atoms with Crippen molar-refractivity contribution in [2.45, 2.75) is 52.7 Å². The minimum absolute atomic E-state index is 0.164. The first-order valence-corrected chi connectivity index (χ1v) is 7.36. The van der Waals surface area contributed by atoms with E-state index in [1.54, 1.807) is 19.1 Å². The van der Waals surface area contributed by atoms with Crippen LogP contribution in [-0.4, -0.2) is 19.3 Å². The quantitative estimate of drug-likeness (QED) is 0.775. The van der Waals surface area contributed by atoms with Gasteiger partial charge >= 0.3 is 0 Å². The molecule has 0 radical (unpaired) electrons. The number of hydrogen-bond acceptors (Lipinski definition) is 2. The molecule has 0 aliphatic rings. The third kappa shape index (κ3) is 4.00. The molecule has 114 valence electrons. The maximum absolute atomic E-state index is 14.2. The van der Waals surface area contributed by atoms with E-state index in [9.17, 15) is 8.78 Å². The Hall–Kier alpha value is -1.00. The summed E-state index contributed by atoms with van der Waals surface area (Å²) in [6, 6.07) is 2.95. The van der Waals surface area contributed by atoms with Crippen LogP contribution in [-0.2, 0) is 4.74 Å². The standard InChI is InChI=1S/C16H25F2NO/c1-5-10-19-16(13(6-2)20-7-3)12-9-8-11(4)14(17)15(12)18/h8-9,13,16,19H,5-7,10H2,1-4H3. The lowest BCUT2D eigenvalue weighted by atomic mass is 9.97. The van der Waals surface area contributed by atoms with Gasteiger partial charge in [-0.05, 0) is 38.8 Å². The Bertz CT molecular complexity index is 423. The highest BCUT2D eigenvalue weighted by atomic mass is 19.2. The van der Waals surface area contributed by atoms with Gasteiger partial charge in [0.1, 0.15) is 0 Å². The summed E-state index contributed by atoms with van der Waals surface area (Å²) in [7, 11) is 0. The Morgan fingerprint density at radius 2 is 1.85 bits per heavy atom. The van der Waals surface area contributed by atoms with Crippen LogP contribution in [0.5, 0.6) is 0 Å². The van der Waals surface area contributed by atoms with Crippen LogP contribution in [0.25, 0.3) is 0 Å². The zero-order valence-corrected chi connectivity index (χ0v) is 12.8. The van der Waals surface area contributed by atoms with E-state index in [1.807, 2.05) is 20.8 Å². The summed E-state index contributed by atoms with van der Waals surface area (Å²) in [6.45, 7) is 8.80. The van der Waals surface area contributed by atoms with Crippen molar-refractivity contribution in [3.05, 3.63) is 34.9 Å². The number of ether oxygens (including phenoxy) is 1. The van der Waals surface area contributed by atoms with Gasteiger partial charge in [0.15, 0.2) is 11.6 Å². The Morgan fingerprint density at radius 3 is 2.40 bits per heavy atom. The van der Waals surface area contributed by atoms with E-state index in [0.29, 0.717) is 17.7 Å². The number of hydrogen-bond donors (Lipinski definition) is 1. The fourth-order valence-electron chi connectivity index (χ4n) is 2.31. The topological polar surface area (TPSA) is 21.3 Å². The van der Waals surface area contributed by atoms with E-state index in [4.69, 9.17) is 4.74 Å². The van der Waals surface area contributed by atoms with Crippen LogP contribution in [0.1, 0.15) is 50.8 Å². The van der Waals surface area contributed by atoms with Gasteiger partial charge in [-0.3, -0.25) is 0 Å². The predicted molar refractivity (Wildman–Crippen MR) is 77.8 cm³/mol. The van der Waals surface area contributed by atoms with E-state index in [0.717, 1.165) is 19.4 Å². The molecule has 1 aromatic rings. The molecule has 2 atom stereocenters. The van der Waals surface area contributed by atoms with Crippen molar-refractivity contribution in [1.29, 1.82) is 0 Å². The Labute approximate surface area is 120 Å². The normalized spacial score (nSPS) is 14.3. The maximum atomic E-state index is 14.2. The Kier molecular flexibility index (Phi) is 7.10. The minimum atomic E-state index is -0.767. The van der Waals surface area contributed by atoms with Crippen molar-refractivity contribution in [2.24, 2.45) is 0 Å². The highest BCUT2D eigenvalue weighted by molar-refractivity contribution is 5.28. The summed E-state index contributed by atoms with van der Waals surface area (Å²) in [5.41, 5.74) is 0.673. The first-order chi connectivity index (χ1) is 9.56. The zero-order chi connectivity index (χ0) is 15.1. The van der Waals surface area contributed by atoms with Crippen LogP contribution in [0, 0.1) is 18.6 Å². The molecule has 0 amide bonds. The number of benzene rings is 1. The van der Waals surface area contributed by atoms with E-state index in [2.05, 4.69) is 5.32 Å². The molecule has 0 saturated heterocycles. The van der Waals surface area contributed by atoms with Crippen molar-refractivity contribution < 1.29 is 13.5 Å². The molecule has 0 spiro atoms. The molecule has 1 aromatic carbocycles. The summed E-state index contributed by atoms with van der Waals surface area (Å²) in [5.74, 6) is -1.53. The predicted octanol–water partition coefficient (Wildman–Crippen LogP) is 4.13. The van der Waals surface area contributed by atoms with Gasteiger partial charge in [0.2, 0.25) is 0 Å². The van der Waals surface area contributed by atoms with Gasteiger partial charge in [0.05, 0.1) is 12.1 Å².